The number of likely N-dealkylation sites (tertiary alicyclic amines) is 1. The van der Waals surface area contributed by atoms with Crippen LogP contribution in [0.25, 0.3) is 0 Å². The van der Waals surface area contributed by atoms with E-state index in [1.54, 1.807) is 16.9 Å². The van der Waals surface area contributed by atoms with Crippen molar-refractivity contribution in [2.24, 2.45) is 5.92 Å². The molecule has 1 N–H and O–H groups in total. The van der Waals surface area contributed by atoms with Gasteiger partial charge in [0.05, 0.1) is 25.2 Å². The molecule has 1 aromatic carbocycles. The molecule has 0 radical (unpaired) electrons. The second-order valence-corrected chi connectivity index (χ2v) is 6.60. The van der Waals surface area contributed by atoms with Gasteiger partial charge in [-0.3, -0.25) is 9.59 Å². The molecule has 25 heavy (non-hydrogen) atoms. The molecule has 0 aromatic heterocycles. The van der Waals surface area contributed by atoms with Gasteiger partial charge in [-0.25, -0.2) is 0 Å². The van der Waals surface area contributed by atoms with E-state index in [1.807, 2.05) is 44.2 Å². The lowest BCUT2D eigenvalue weighted by atomic mass is 9.92. The van der Waals surface area contributed by atoms with Gasteiger partial charge in [0.2, 0.25) is 11.8 Å². The monoisotopic (exact) mass is 348 g/mol. The van der Waals surface area contributed by atoms with Gasteiger partial charge in [-0.2, -0.15) is 0 Å². The van der Waals surface area contributed by atoms with Gasteiger partial charge in [-0.15, -0.1) is 0 Å². The number of ether oxygens (including phenoxy) is 1. The van der Waals surface area contributed by atoms with Crippen LogP contribution in [0.5, 0.6) is 0 Å². The van der Waals surface area contributed by atoms with Gasteiger partial charge in [0.15, 0.2) is 0 Å². The number of aliphatic hydroxyl groups excluding tert-OH is 1. The van der Waals surface area contributed by atoms with E-state index < -0.39 is 5.92 Å². The van der Waals surface area contributed by atoms with Crippen LogP contribution in [0.3, 0.4) is 0 Å². The zero-order valence-corrected chi connectivity index (χ0v) is 15.2. The number of carbonyl (C=O) groups excluding carboxylic acids is 2. The Bertz CT molecular complexity index is 576. The predicted octanol–water partition coefficient (Wildman–Crippen LogP) is 1.45. The molecule has 0 aliphatic carbocycles. The first-order chi connectivity index (χ1) is 12.0. The summed E-state index contributed by atoms with van der Waals surface area (Å²) in [6.45, 7) is 4.92. The number of amides is 2. The van der Waals surface area contributed by atoms with Gasteiger partial charge in [0.25, 0.3) is 0 Å². The van der Waals surface area contributed by atoms with Crippen molar-refractivity contribution < 1.29 is 19.4 Å². The average Bonchev–Trinajstić information content (AvgIpc) is 2.94. The van der Waals surface area contributed by atoms with Crippen molar-refractivity contribution >= 4 is 11.8 Å². The maximum atomic E-state index is 13.1. The summed E-state index contributed by atoms with van der Waals surface area (Å²) in [5.41, 5.74) is 0.954. The lowest BCUT2D eigenvalue weighted by Gasteiger charge is -2.33. The van der Waals surface area contributed by atoms with E-state index in [0.717, 1.165) is 5.56 Å². The summed E-state index contributed by atoms with van der Waals surface area (Å²) >= 11 is 0. The van der Waals surface area contributed by atoms with Crippen molar-refractivity contribution in [3.8, 4) is 0 Å². The van der Waals surface area contributed by atoms with Gasteiger partial charge in [-0.1, -0.05) is 30.3 Å². The second-order valence-electron chi connectivity index (χ2n) is 6.60. The fourth-order valence-electron chi connectivity index (χ4n) is 3.47. The van der Waals surface area contributed by atoms with Crippen LogP contribution in [0.2, 0.25) is 0 Å². The Morgan fingerprint density at radius 3 is 2.60 bits per heavy atom. The van der Waals surface area contributed by atoms with Crippen LogP contribution in [-0.4, -0.2) is 66.2 Å². The van der Waals surface area contributed by atoms with Crippen LogP contribution in [-0.2, 0) is 14.3 Å². The molecule has 138 valence electrons. The lowest BCUT2D eigenvalue weighted by molar-refractivity contribution is -0.138. The Balaban J connectivity index is 2.34. The predicted molar refractivity (Wildman–Crippen MR) is 94.8 cm³/mol. The molecule has 0 bridgehead atoms. The first-order valence-electron chi connectivity index (χ1n) is 8.76. The van der Waals surface area contributed by atoms with Crippen molar-refractivity contribution in [2.45, 2.75) is 32.4 Å². The molecule has 2 amide bonds. The van der Waals surface area contributed by atoms with Crippen LogP contribution < -0.4 is 0 Å². The Labute approximate surface area is 149 Å². The van der Waals surface area contributed by atoms with Crippen molar-refractivity contribution in [3.63, 3.8) is 0 Å². The highest BCUT2D eigenvalue weighted by molar-refractivity contribution is 5.90. The molecule has 0 unspecified atom stereocenters. The molecular weight excluding hydrogens is 320 g/mol. The highest BCUT2D eigenvalue weighted by atomic mass is 16.5. The Morgan fingerprint density at radius 1 is 1.36 bits per heavy atom. The van der Waals surface area contributed by atoms with Gasteiger partial charge in [0, 0.05) is 32.7 Å². The summed E-state index contributed by atoms with van der Waals surface area (Å²) in [5, 5.41) is 9.29. The molecule has 0 spiro atoms. The zero-order chi connectivity index (χ0) is 18.4. The number of hydrogen-bond acceptors (Lipinski definition) is 4. The van der Waals surface area contributed by atoms with Gasteiger partial charge >= 0.3 is 0 Å². The molecule has 1 fully saturated rings. The van der Waals surface area contributed by atoms with E-state index in [-0.39, 0.29) is 43.5 Å². The van der Waals surface area contributed by atoms with Crippen LogP contribution in [0.1, 0.15) is 31.9 Å². The van der Waals surface area contributed by atoms with Crippen LogP contribution in [0, 0.1) is 5.92 Å². The standard InChI is InChI=1S/C19H28N2O4/c1-14(2)20(9-11-22)19(24)16-13-17(23)21(10-12-25-3)18(16)15-7-5-4-6-8-15/h4-8,14,16,18,22H,9-13H2,1-3H3/t16-,18+/m1/s1. The SMILES string of the molecule is COCCN1C(=O)C[C@@H](C(=O)N(CCO)C(C)C)[C@@H]1c1ccccc1. The molecule has 1 heterocycles. The van der Waals surface area contributed by atoms with Crippen LogP contribution in [0.15, 0.2) is 30.3 Å². The summed E-state index contributed by atoms with van der Waals surface area (Å²) in [4.78, 5) is 29.1. The van der Waals surface area contributed by atoms with E-state index >= 15 is 0 Å². The first kappa shape index (κ1) is 19.4. The normalized spacial score (nSPS) is 20.4. The lowest BCUT2D eigenvalue weighted by Crippen LogP contribution is -2.44. The fourth-order valence-corrected chi connectivity index (χ4v) is 3.47. The number of benzene rings is 1. The molecule has 2 atom stereocenters. The highest BCUT2D eigenvalue weighted by Crippen LogP contribution is 2.39. The molecule has 6 heteroatoms. The summed E-state index contributed by atoms with van der Waals surface area (Å²) in [6, 6.07) is 9.34. The molecule has 1 aliphatic heterocycles. The summed E-state index contributed by atoms with van der Waals surface area (Å²) < 4.78 is 5.13. The van der Waals surface area contributed by atoms with Gasteiger partial charge < -0.3 is 19.6 Å². The number of aliphatic hydroxyl groups is 1. The van der Waals surface area contributed by atoms with Gasteiger partial charge in [0.1, 0.15) is 0 Å². The van der Waals surface area contributed by atoms with Crippen molar-refractivity contribution in [1.29, 1.82) is 0 Å². The smallest absolute Gasteiger partial charge is 0.228 e. The van der Waals surface area contributed by atoms with Crippen LogP contribution in [0.4, 0.5) is 0 Å². The Morgan fingerprint density at radius 2 is 2.04 bits per heavy atom. The summed E-state index contributed by atoms with van der Waals surface area (Å²) in [6.07, 6.45) is 0.191. The number of methoxy groups -OCH3 is 1. The Hall–Kier alpha value is -1.92. The molecular formula is C19H28N2O4. The van der Waals surface area contributed by atoms with E-state index in [0.29, 0.717) is 13.2 Å². The number of rotatable bonds is 8. The van der Waals surface area contributed by atoms with Gasteiger partial charge in [-0.05, 0) is 19.4 Å². The van der Waals surface area contributed by atoms with E-state index in [1.165, 1.54) is 0 Å². The topological polar surface area (TPSA) is 70.1 Å². The van der Waals surface area contributed by atoms with E-state index in [4.69, 9.17) is 4.74 Å². The van der Waals surface area contributed by atoms with E-state index in [2.05, 4.69) is 0 Å². The van der Waals surface area contributed by atoms with Crippen molar-refractivity contribution in [1.82, 2.24) is 9.80 Å². The second kappa shape index (κ2) is 8.97. The molecule has 1 saturated heterocycles. The van der Waals surface area contributed by atoms with Crippen molar-refractivity contribution in [2.75, 3.05) is 33.4 Å². The maximum Gasteiger partial charge on any atom is 0.228 e. The molecule has 1 aromatic rings. The number of hydrogen-bond donors (Lipinski definition) is 1. The summed E-state index contributed by atoms with van der Waals surface area (Å²) in [5.74, 6) is -0.552. The molecule has 0 saturated carbocycles. The quantitative estimate of drug-likeness (QED) is 0.772. The maximum absolute atomic E-state index is 13.1. The molecule has 2 rings (SSSR count). The Kier molecular flexibility index (Phi) is 6.96. The molecule has 1 aliphatic rings. The number of nitrogens with zero attached hydrogens (tertiary/aromatic N) is 2. The minimum atomic E-state index is -0.444. The fraction of sp³-hybridized carbons (Fsp3) is 0.579. The number of carbonyl (C=O) groups is 2. The van der Waals surface area contributed by atoms with Crippen molar-refractivity contribution in [3.05, 3.63) is 35.9 Å². The summed E-state index contributed by atoms with van der Waals surface area (Å²) in [7, 11) is 1.60. The highest BCUT2D eigenvalue weighted by Gasteiger charge is 2.45. The third kappa shape index (κ3) is 4.38. The molecule has 6 nitrogen and oxygen atoms in total. The van der Waals surface area contributed by atoms with Crippen LogP contribution >= 0.6 is 0 Å². The zero-order valence-electron chi connectivity index (χ0n) is 15.2. The third-order valence-electron chi connectivity index (χ3n) is 4.67. The third-order valence-corrected chi connectivity index (χ3v) is 4.67. The minimum absolute atomic E-state index is 0.0285. The average molecular weight is 348 g/mol. The first-order valence-corrected chi connectivity index (χ1v) is 8.76. The largest absolute Gasteiger partial charge is 0.395 e. The minimum Gasteiger partial charge on any atom is -0.395 e. The van der Waals surface area contributed by atoms with E-state index in [9.17, 15) is 14.7 Å².